The average Bonchev–Trinajstić information content (AvgIpc) is 3.14. The van der Waals surface area contributed by atoms with Gasteiger partial charge in [-0.2, -0.15) is 13.2 Å². The van der Waals surface area contributed by atoms with Crippen molar-refractivity contribution >= 4 is 11.6 Å². The van der Waals surface area contributed by atoms with E-state index in [-0.39, 0.29) is 6.79 Å². The maximum absolute atomic E-state index is 13.1. The molecule has 0 atom stereocenters. The summed E-state index contributed by atoms with van der Waals surface area (Å²) in [6.07, 6.45) is -3.91. The molecule has 1 saturated heterocycles. The largest absolute Gasteiger partial charge is 0.454 e. The molecule has 0 aliphatic carbocycles. The van der Waals surface area contributed by atoms with Crippen LogP contribution in [0.4, 0.5) is 13.2 Å². The number of piperazine rings is 1. The van der Waals surface area contributed by atoms with E-state index in [0.29, 0.717) is 41.6 Å². The van der Waals surface area contributed by atoms with Crippen molar-refractivity contribution in [1.82, 2.24) is 9.80 Å². The fourth-order valence-corrected chi connectivity index (χ4v) is 4.00. The van der Waals surface area contributed by atoms with Crippen LogP contribution in [-0.2, 0) is 19.1 Å². The lowest BCUT2D eigenvalue weighted by Gasteiger charge is -2.35. The zero-order chi connectivity index (χ0) is 20.4. The van der Waals surface area contributed by atoms with E-state index in [1.807, 2.05) is 6.07 Å². The molecule has 0 radical (unpaired) electrons. The third-order valence-electron chi connectivity index (χ3n) is 5.42. The number of ether oxygens (including phenoxy) is 2. The van der Waals surface area contributed by atoms with E-state index >= 15 is 0 Å². The van der Waals surface area contributed by atoms with Crippen molar-refractivity contribution in [1.29, 1.82) is 0 Å². The molecule has 0 bridgehead atoms. The van der Waals surface area contributed by atoms with Gasteiger partial charge in [-0.05, 0) is 29.7 Å². The van der Waals surface area contributed by atoms with Crippen molar-refractivity contribution in [3.05, 3.63) is 58.1 Å². The molecule has 2 aromatic rings. The average molecular weight is 427 g/mol. The van der Waals surface area contributed by atoms with Gasteiger partial charge in [0.05, 0.1) is 5.56 Å². The van der Waals surface area contributed by atoms with Crippen LogP contribution in [0.5, 0.6) is 11.5 Å². The first-order valence-electron chi connectivity index (χ1n) is 9.58. The molecule has 1 fully saturated rings. The molecule has 0 aromatic heterocycles. The van der Waals surface area contributed by atoms with Gasteiger partial charge in [-0.1, -0.05) is 29.8 Å². The second kappa shape index (κ2) is 8.42. The van der Waals surface area contributed by atoms with Crippen LogP contribution in [0.3, 0.4) is 0 Å². The van der Waals surface area contributed by atoms with E-state index in [4.69, 9.17) is 21.1 Å². The number of fused-ring (bicyclic) bond motifs is 1. The predicted octanol–water partition coefficient (Wildman–Crippen LogP) is 4.45. The van der Waals surface area contributed by atoms with E-state index in [1.165, 1.54) is 6.07 Å². The van der Waals surface area contributed by atoms with E-state index in [2.05, 4.69) is 9.80 Å². The van der Waals surface area contributed by atoms with Gasteiger partial charge in [0.1, 0.15) is 0 Å². The second-order valence-electron chi connectivity index (χ2n) is 7.32. The summed E-state index contributed by atoms with van der Waals surface area (Å²) < 4.78 is 50.2. The molecule has 4 nitrogen and oxygen atoms in total. The molecular weight excluding hydrogens is 405 g/mol. The van der Waals surface area contributed by atoms with E-state index in [9.17, 15) is 13.2 Å². The molecule has 2 heterocycles. The van der Waals surface area contributed by atoms with Gasteiger partial charge < -0.3 is 14.4 Å². The molecule has 156 valence electrons. The normalized spacial score (nSPS) is 17.7. The van der Waals surface area contributed by atoms with Crippen LogP contribution in [-0.4, -0.2) is 49.3 Å². The summed E-state index contributed by atoms with van der Waals surface area (Å²) in [7, 11) is 0. The third kappa shape index (κ3) is 4.79. The van der Waals surface area contributed by atoms with Crippen LogP contribution >= 0.6 is 11.6 Å². The Morgan fingerprint density at radius 1 is 0.897 bits per heavy atom. The quantitative estimate of drug-likeness (QED) is 0.705. The second-order valence-corrected chi connectivity index (χ2v) is 7.73. The van der Waals surface area contributed by atoms with E-state index in [0.717, 1.165) is 37.8 Å². The number of rotatable bonds is 5. The predicted molar refractivity (Wildman–Crippen MR) is 104 cm³/mol. The number of hydrogen-bond acceptors (Lipinski definition) is 4. The highest BCUT2D eigenvalue weighted by Gasteiger charge is 2.32. The first kappa shape index (κ1) is 20.3. The topological polar surface area (TPSA) is 24.9 Å². The lowest BCUT2D eigenvalue weighted by Crippen LogP contribution is -2.46. The Morgan fingerprint density at radius 3 is 2.28 bits per heavy atom. The molecule has 2 aliphatic heterocycles. The Hall–Kier alpha value is -1.96. The summed E-state index contributed by atoms with van der Waals surface area (Å²) in [4.78, 5) is 4.51. The van der Waals surface area contributed by atoms with Crippen molar-refractivity contribution in [3.63, 3.8) is 0 Å². The lowest BCUT2D eigenvalue weighted by atomic mass is 10.0. The highest BCUT2D eigenvalue weighted by atomic mass is 35.5. The molecule has 2 aliphatic rings. The molecule has 0 amide bonds. The van der Waals surface area contributed by atoms with E-state index < -0.39 is 11.7 Å². The van der Waals surface area contributed by atoms with Crippen LogP contribution in [0.2, 0.25) is 5.02 Å². The minimum absolute atomic E-state index is 0.214. The summed E-state index contributed by atoms with van der Waals surface area (Å²) in [5.41, 5.74) is 0.814. The summed E-state index contributed by atoms with van der Waals surface area (Å²) in [5, 5.41) is 0.653. The highest BCUT2D eigenvalue weighted by Crippen LogP contribution is 2.37. The Morgan fingerprint density at radius 2 is 1.55 bits per heavy atom. The Kier molecular flexibility index (Phi) is 5.90. The smallest absolute Gasteiger partial charge is 0.416 e. The molecule has 0 unspecified atom stereocenters. The molecule has 0 spiro atoms. The minimum atomic E-state index is -4.31. The van der Waals surface area contributed by atoms with Crippen molar-refractivity contribution in [2.24, 2.45) is 0 Å². The van der Waals surface area contributed by atoms with Crippen molar-refractivity contribution in [3.8, 4) is 11.5 Å². The molecule has 0 saturated carbocycles. The van der Waals surface area contributed by atoms with Gasteiger partial charge in [0.2, 0.25) is 6.79 Å². The number of hydrogen-bond donors (Lipinski definition) is 0. The maximum Gasteiger partial charge on any atom is 0.416 e. The first-order chi connectivity index (χ1) is 13.9. The van der Waals surface area contributed by atoms with Gasteiger partial charge >= 0.3 is 6.18 Å². The molecule has 2 aromatic carbocycles. The highest BCUT2D eigenvalue weighted by molar-refractivity contribution is 6.31. The molecule has 4 rings (SSSR count). The monoisotopic (exact) mass is 426 g/mol. The van der Waals surface area contributed by atoms with Crippen LogP contribution in [0, 0.1) is 0 Å². The van der Waals surface area contributed by atoms with Crippen molar-refractivity contribution in [2.45, 2.75) is 19.1 Å². The fraction of sp³-hybridized carbons (Fsp3) is 0.429. The van der Waals surface area contributed by atoms with Crippen molar-refractivity contribution in [2.75, 3.05) is 39.5 Å². The molecule has 8 heteroatoms. The van der Waals surface area contributed by atoms with Crippen molar-refractivity contribution < 1.29 is 22.6 Å². The van der Waals surface area contributed by atoms with E-state index in [1.54, 1.807) is 18.2 Å². The van der Waals surface area contributed by atoms with Crippen LogP contribution in [0.25, 0.3) is 0 Å². The maximum atomic E-state index is 13.1. The summed E-state index contributed by atoms with van der Waals surface area (Å²) >= 11 is 6.36. The number of benzene rings is 2. The Labute approximate surface area is 172 Å². The molecular formula is C21H22ClF3N2O2. The summed E-state index contributed by atoms with van der Waals surface area (Å²) in [6.45, 7) is 4.85. The number of halogens is 4. The zero-order valence-corrected chi connectivity index (χ0v) is 16.6. The van der Waals surface area contributed by atoms with Gasteiger partial charge in [-0.15, -0.1) is 0 Å². The summed E-state index contributed by atoms with van der Waals surface area (Å²) in [6, 6.07) is 9.53. The Bertz CT molecular complexity index is 867. The minimum Gasteiger partial charge on any atom is -0.454 e. The van der Waals surface area contributed by atoms with Gasteiger partial charge in [-0.3, -0.25) is 4.90 Å². The number of alkyl halides is 3. The molecule has 29 heavy (non-hydrogen) atoms. The number of nitrogens with zero attached hydrogens (tertiary/aromatic N) is 2. The fourth-order valence-electron chi connectivity index (χ4n) is 3.79. The molecule has 0 N–H and O–H groups in total. The van der Waals surface area contributed by atoms with Crippen LogP contribution in [0.1, 0.15) is 16.7 Å². The van der Waals surface area contributed by atoms with Gasteiger partial charge in [0.25, 0.3) is 0 Å². The SMILES string of the molecule is FC(F)(F)c1ccccc1CCN1CCN(Cc2cc3c(cc2Cl)OCO3)CC1. The summed E-state index contributed by atoms with van der Waals surface area (Å²) in [5.74, 6) is 1.38. The van der Waals surface area contributed by atoms with Crippen LogP contribution in [0.15, 0.2) is 36.4 Å². The van der Waals surface area contributed by atoms with Crippen LogP contribution < -0.4 is 9.47 Å². The lowest BCUT2D eigenvalue weighted by molar-refractivity contribution is -0.138. The standard InChI is InChI=1S/C21H22ClF3N2O2/c22-18-12-20-19(28-14-29-20)11-16(18)13-27-9-7-26(8-10-27)6-5-15-3-1-2-4-17(15)21(23,24)25/h1-4,11-12H,5-10,13-14H2. The first-order valence-corrected chi connectivity index (χ1v) is 9.96. The Balaban J connectivity index is 1.30. The zero-order valence-electron chi connectivity index (χ0n) is 15.8. The van der Waals surface area contributed by atoms with Gasteiger partial charge in [0, 0.05) is 50.4 Å². The third-order valence-corrected chi connectivity index (χ3v) is 5.77. The van der Waals surface area contributed by atoms with Gasteiger partial charge in [-0.25, -0.2) is 0 Å². The van der Waals surface area contributed by atoms with Gasteiger partial charge in [0.15, 0.2) is 11.5 Å².